The number of hydrogen-bond acceptors (Lipinski definition) is 3. The number of rotatable bonds is 3. The molecule has 3 heteroatoms. The van der Waals surface area contributed by atoms with Gasteiger partial charge in [0, 0.05) is 18.7 Å². The second-order valence-electron chi connectivity index (χ2n) is 3.21. The Balaban J connectivity index is 2.32. The zero-order valence-electron chi connectivity index (χ0n) is 7.29. The maximum Gasteiger partial charge on any atom is 0.0622 e. The number of nitrogens with zero attached hydrogens (tertiary/aromatic N) is 1. The van der Waals surface area contributed by atoms with Crippen LogP contribution in [0.5, 0.6) is 0 Å². The molecule has 2 unspecified atom stereocenters. The molecule has 1 fully saturated rings. The first-order valence-electron chi connectivity index (χ1n) is 4.16. The highest BCUT2D eigenvalue weighted by atomic mass is 16.5. The topological polar surface area (TPSA) is 32.7 Å². The van der Waals surface area contributed by atoms with Crippen molar-refractivity contribution in [2.45, 2.75) is 25.4 Å². The quantitative estimate of drug-likeness (QED) is 0.633. The van der Waals surface area contributed by atoms with Crippen molar-refractivity contribution in [3.63, 3.8) is 0 Å². The van der Waals surface area contributed by atoms with Gasteiger partial charge in [0.2, 0.25) is 0 Å². The first-order valence-corrected chi connectivity index (χ1v) is 4.16. The van der Waals surface area contributed by atoms with Crippen LogP contribution < -0.4 is 0 Å². The van der Waals surface area contributed by atoms with Crippen LogP contribution in [0.1, 0.15) is 13.3 Å². The smallest absolute Gasteiger partial charge is 0.0622 e. The Bertz CT molecular complexity index is 113. The van der Waals surface area contributed by atoms with Gasteiger partial charge in [-0.05, 0) is 20.4 Å². The molecule has 0 spiro atoms. The van der Waals surface area contributed by atoms with E-state index in [4.69, 9.17) is 9.84 Å². The molecule has 0 amide bonds. The molecule has 2 atom stereocenters. The molecule has 0 aromatic carbocycles. The first-order chi connectivity index (χ1) is 5.25. The summed E-state index contributed by atoms with van der Waals surface area (Å²) in [5, 5.41) is 8.88. The van der Waals surface area contributed by atoms with Crippen molar-refractivity contribution < 1.29 is 9.84 Å². The molecule has 66 valence electrons. The molecule has 1 aliphatic heterocycles. The van der Waals surface area contributed by atoms with Gasteiger partial charge in [0.15, 0.2) is 0 Å². The molecular weight excluding hydrogens is 142 g/mol. The predicted octanol–water partition coefficient (Wildman–Crippen LogP) is 0.0879. The second kappa shape index (κ2) is 4.04. The minimum atomic E-state index is 0.229. The van der Waals surface area contributed by atoms with Crippen molar-refractivity contribution in [1.29, 1.82) is 0 Å². The number of aliphatic hydroxyl groups is 1. The van der Waals surface area contributed by atoms with Gasteiger partial charge in [0.05, 0.1) is 13.2 Å². The summed E-state index contributed by atoms with van der Waals surface area (Å²) in [5.41, 5.74) is 0. The fraction of sp³-hybridized carbons (Fsp3) is 1.00. The Labute approximate surface area is 68.0 Å². The van der Waals surface area contributed by atoms with Crippen LogP contribution in [-0.4, -0.2) is 49.0 Å². The van der Waals surface area contributed by atoms with Gasteiger partial charge >= 0.3 is 0 Å². The highest BCUT2D eigenvalue weighted by Gasteiger charge is 2.22. The third-order valence-corrected chi connectivity index (χ3v) is 2.44. The lowest BCUT2D eigenvalue weighted by Gasteiger charge is -2.27. The van der Waals surface area contributed by atoms with Gasteiger partial charge in [-0.1, -0.05) is 0 Å². The molecule has 3 nitrogen and oxygen atoms in total. The molecule has 0 saturated carbocycles. The number of hydrogen-bond donors (Lipinski definition) is 1. The van der Waals surface area contributed by atoms with E-state index in [0.717, 1.165) is 19.6 Å². The molecule has 11 heavy (non-hydrogen) atoms. The molecule has 1 heterocycles. The monoisotopic (exact) mass is 159 g/mol. The lowest BCUT2D eigenvalue weighted by Crippen LogP contribution is -2.40. The minimum Gasteiger partial charge on any atom is -0.395 e. The third kappa shape index (κ3) is 2.15. The van der Waals surface area contributed by atoms with Crippen LogP contribution in [0.3, 0.4) is 0 Å². The van der Waals surface area contributed by atoms with E-state index in [9.17, 15) is 0 Å². The van der Waals surface area contributed by atoms with Crippen LogP contribution in [-0.2, 0) is 4.74 Å². The van der Waals surface area contributed by atoms with Crippen molar-refractivity contribution in [2.24, 2.45) is 0 Å². The summed E-state index contributed by atoms with van der Waals surface area (Å²) in [5.74, 6) is 0. The molecule has 1 saturated heterocycles. The minimum absolute atomic E-state index is 0.229. The van der Waals surface area contributed by atoms with Crippen molar-refractivity contribution in [3.05, 3.63) is 0 Å². The van der Waals surface area contributed by atoms with Gasteiger partial charge in [-0.3, -0.25) is 4.90 Å². The maximum absolute atomic E-state index is 8.88. The van der Waals surface area contributed by atoms with E-state index < -0.39 is 0 Å². The van der Waals surface area contributed by atoms with Crippen LogP contribution in [0.15, 0.2) is 0 Å². The lowest BCUT2D eigenvalue weighted by atomic mass is 10.2. The zero-order valence-corrected chi connectivity index (χ0v) is 7.29. The summed E-state index contributed by atoms with van der Waals surface area (Å²) in [6, 6.07) is 0.763. The van der Waals surface area contributed by atoms with Crippen LogP contribution in [0.2, 0.25) is 0 Å². The summed E-state index contributed by atoms with van der Waals surface area (Å²) in [7, 11) is 2.04. The lowest BCUT2D eigenvalue weighted by molar-refractivity contribution is 0.103. The Morgan fingerprint density at radius 3 is 2.91 bits per heavy atom. The van der Waals surface area contributed by atoms with Crippen LogP contribution in [0, 0.1) is 0 Å². The second-order valence-corrected chi connectivity index (χ2v) is 3.21. The average Bonchev–Trinajstić information content (AvgIpc) is 2.53. The van der Waals surface area contributed by atoms with Crippen molar-refractivity contribution in [1.82, 2.24) is 4.90 Å². The van der Waals surface area contributed by atoms with Crippen LogP contribution in [0.4, 0.5) is 0 Å². The average molecular weight is 159 g/mol. The molecule has 0 aromatic heterocycles. The molecular formula is C8H17NO2. The Morgan fingerprint density at radius 1 is 1.73 bits per heavy atom. The number of likely N-dealkylation sites (N-methyl/N-ethyl adjacent to an activating group) is 1. The molecule has 0 radical (unpaired) electrons. The van der Waals surface area contributed by atoms with Crippen LogP contribution in [0.25, 0.3) is 0 Å². The Hall–Kier alpha value is -0.120. The zero-order chi connectivity index (χ0) is 8.27. The molecule has 0 bridgehead atoms. The Kier molecular flexibility index (Phi) is 3.30. The van der Waals surface area contributed by atoms with Gasteiger partial charge in [-0.15, -0.1) is 0 Å². The fourth-order valence-electron chi connectivity index (χ4n) is 1.33. The van der Waals surface area contributed by atoms with Crippen molar-refractivity contribution in [2.75, 3.05) is 26.9 Å². The summed E-state index contributed by atoms with van der Waals surface area (Å²) in [6.07, 6.45) is 1.10. The molecule has 1 N–H and O–H groups in total. The standard InChI is InChI=1S/C8H17NO2/c1-7(5-10)9(2)8-3-4-11-6-8/h7-8,10H,3-6H2,1-2H3. The fourth-order valence-corrected chi connectivity index (χ4v) is 1.33. The molecule has 1 aliphatic rings. The van der Waals surface area contributed by atoms with Gasteiger partial charge in [0.1, 0.15) is 0 Å². The van der Waals surface area contributed by atoms with Crippen LogP contribution >= 0.6 is 0 Å². The molecule has 0 aromatic rings. The van der Waals surface area contributed by atoms with Crippen molar-refractivity contribution in [3.8, 4) is 0 Å². The van der Waals surface area contributed by atoms with E-state index in [1.54, 1.807) is 0 Å². The van der Waals surface area contributed by atoms with E-state index in [2.05, 4.69) is 4.90 Å². The summed E-state index contributed by atoms with van der Waals surface area (Å²) in [4.78, 5) is 2.19. The maximum atomic E-state index is 8.88. The Morgan fingerprint density at radius 2 is 2.45 bits per heavy atom. The first kappa shape index (κ1) is 8.97. The summed E-state index contributed by atoms with van der Waals surface area (Å²) >= 11 is 0. The van der Waals surface area contributed by atoms with E-state index in [1.165, 1.54) is 0 Å². The largest absolute Gasteiger partial charge is 0.395 e. The van der Waals surface area contributed by atoms with E-state index >= 15 is 0 Å². The highest BCUT2D eigenvalue weighted by Crippen LogP contribution is 2.12. The van der Waals surface area contributed by atoms with Crippen molar-refractivity contribution >= 4 is 0 Å². The summed E-state index contributed by atoms with van der Waals surface area (Å²) in [6.45, 7) is 3.94. The predicted molar refractivity (Wildman–Crippen MR) is 43.5 cm³/mol. The molecule has 1 rings (SSSR count). The van der Waals surface area contributed by atoms with E-state index in [0.29, 0.717) is 6.04 Å². The highest BCUT2D eigenvalue weighted by molar-refractivity contribution is 4.76. The van der Waals surface area contributed by atoms with E-state index in [-0.39, 0.29) is 12.6 Å². The normalized spacial score (nSPS) is 27.8. The van der Waals surface area contributed by atoms with E-state index in [1.807, 2.05) is 14.0 Å². The number of ether oxygens (including phenoxy) is 1. The molecule has 0 aliphatic carbocycles. The third-order valence-electron chi connectivity index (χ3n) is 2.44. The van der Waals surface area contributed by atoms with Gasteiger partial charge in [-0.25, -0.2) is 0 Å². The number of aliphatic hydroxyl groups excluding tert-OH is 1. The van der Waals surface area contributed by atoms with Gasteiger partial charge < -0.3 is 9.84 Å². The van der Waals surface area contributed by atoms with Gasteiger partial charge in [0.25, 0.3) is 0 Å². The SMILES string of the molecule is CC(CO)N(C)C1CCOC1. The van der Waals surface area contributed by atoms with Gasteiger partial charge in [-0.2, -0.15) is 0 Å². The summed E-state index contributed by atoms with van der Waals surface area (Å²) < 4.78 is 5.25.